The smallest absolute Gasteiger partial charge is 0.149 e. The van der Waals surface area contributed by atoms with Crippen LogP contribution in [-0.4, -0.2) is 21.6 Å². The number of aromatic amines is 1. The number of methoxy groups -OCH3 is 1. The van der Waals surface area contributed by atoms with E-state index >= 15 is 0 Å². The summed E-state index contributed by atoms with van der Waals surface area (Å²) in [6.07, 6.45) is 1.89. The molecular formula is C29H24N4O. The average Bonchev–Trinajstić information content (AvgIpc) is 3.42. The molecule has 5 heteroatoms. The van der Waals surface area contributed by atoms with Gasteiger partial charge in [0.25, 0.3) is 0 Å². The number of aromatic nitrogens is 3. The number of fused-ring (bicyclic) bond motifs is 1. The number of aryl methyl sites for hydroxylation is 1. The third-order valence-electron chi connectivity index (χ3n) is 6.07. The lowest BCUT2D eigenvalue weighted by molar-refractivity contribution is 0.415. The van der Waals surface area contributed by atoms with Crippen LogP contribution in [0.2, 0.25) is 0 Å². The van der Waals surface area contributed by atoms with Gasteiger partial charge in [0.15, 0.2) is 0 Å². The number of rotatable bonds is 5. The zero-order valence-corrected chi connectivity index (χ0v) is 19.3. The monoisotopic (exact) mass is 444 g/mol. The molecule has 2 aromatic heterocycles. The van der Waals surface area contributed by atoms with Gasteiger partial charge in [0, 0.05) is 23.1 Å². The van der Waals surface area contributed by atoms with Gasteiger partial charge in [-0.05, 0) is 66.9 Å². The van der Waals surface area contributed by atoms with Gasteiger partial charge in [0.2, 0.25) is 0 Å². The van der Waals surface area contributed by atoms with Crippen LogP contribution in [0, 0.1) is 25.2 Å². The molecule has 0 saturated heterocycles. The molecule has 0 saturated carbocycles. The highest BCUT2D eigenvalue weighted by Crippen LogP contribution is 2.28. The number of hydrogen-bond donors (Lipinski definition) is 1. The third-order valence-corrected chi connectivity index (χ3v) is 6.07. The topological polar surface area (TPSA) is 66.6 Å². The first-order valence-electron chi connectivity index (χ1n) is 11.1. The van der Waals surface area contributed by atoms with E-state index in [1.165, 1.54) is 11.1 Å². The summed E-state index contributed by atoms with van der Waals surface area (Å²) in [5.41, 5.74) is 8.72. The van der Waals surface area contributed by atoms with Gasteiger partial charge in [-0.2, -0.15) is 5.26 Å². The number of ether oxygens (including phenoxy) is 1. The summed E-state index contributed by atoms with van der Waals surface area (Å²) in [4.78, 5) is 7.85. The van der Waals surface area contributed by atoms with Crippen molar-refractivity contribution in [2.45, 2.75) is 13.8 Å². The van der Waals surface area contributed by atoms with E-state index in [4.69, 9.17) is 4.74 Å². The number of allylic oxidation sites excluding steroid dienone is 1. The maximum absolute atomic E-state index is 9.88. The highest BCUT2D eigenvalue weighted by molar-refractivity contribution is 5.91. The molecule has 0 aliphatic carbocycles. The first kappa shape index (κ1) is 21.3. The van der Waals surface area contributed by atoms with Gasteiger partial charge < -0.3 is 14.3 Å². The van der Waals surface area contributed by atoms with Crippen LogP contribution in [0.5, 0.6) is 5.75 Å². The molecule has 5 rings (SSSR count). The summed E-state index contributed by atoms with van der Waals surface area (Å²) < 4.78 is 7.50. The molecule has 2 heterocycles. The quantitative estimate of drug-likeness (QED) is 0.306. The second-order valence-corrected chi connectivity index (χ2v) is 8.21. The average molecular weight is 445 g/mol. The maximum atomic E-state index is 9.88. The fourth-order valence-corrected chi connectivity index (χ4v) is 4.32. The Balaban J connectivity index is 1.50. The van der Waals surface area contributed by atoms with E-state index in [9.17, 15) is 5.26 Å². The molecule has 5 aromatic rings. The van der Waals surface area contributed by atoms with Crippen LogP contribution in [0.25, 0.3) is 39.5 Å². The predicted octanol–water partition coefficient (Wildman–Crippen LogP) is 6.71. The lowest BCUT2D eigenvalue weighted by Crippen LogP contribution is -1.99. The molecule has 0 aliphatic heterocycles. The van der Waals surface area contributed by atoms with Crippen LogP contribution in [0.1, 0.15) is 22.8 Å². The van der Waals surface area contributed by atoms with Crippen molar-refractivity contribution >= 4 is 22.7 Å². The number of nitrogens with one attached hydrogen (secondary N) is 1. The Morgan fingerprint density at radius 3 is 2.41 bits per heavy atom. The number of nitriles is 1. The summed E-state index contributed by atoms with van der Waals surface area (Å²) in [5, 5.41) is 9.88. The lowest BCUT2D eigenvalue weighted by Gasteiger charge is -2.11. The molecule has 0 amide bonds. The van der Waals surface area contributed by atoms with Crippen LogP contribution in [-0.2, 0) is 0 Å². The Hall–Kier alpha value is -4.56. The number of hydrogen-bond acceptors (Lipinski definition) is 3. The number of benzene rings is 3. The van der Waals surface area contributed by atoms with Crippen molar-refractivity contribution in [3.63, 3.8) is 0 Å². The molecule has 0 unspecified atom stereocenters. The molecule has 1 N–H and O–H groups in total. The van der Waals surface area contributed by atoms with E-state index in [-0.39, 0.29) is 0 Å². The van der Waals surface area contributed by atoms with E-state index < -0.39 is 0 Å². The summed E-state index contributed by atoms with van der Waals surface area (Å²) in [6.45, 7) is 4.15. The van der Waals surface area contributed by atoms with E-state index in [1.54, 1.807) is 7.11 Å². The van der Waals surface area contributed by atoms with Crippen LogP contribution in [0.3, 0.4) is 0 Å². The van der Waals surface area contributed by atoms with Gasteiger partial charge in [0.1, 0.15) is 17.6 Å². The predicted molar refractivity (Wildman–Crippen MR) is 137 cm³/mol. The molecule has 0 atom stereocenters. The Labute approximate surface area is 198 Å². The highest BCUT2D eigenvalue weighted by Gasteiger charge is 2.13. The van der Waals surface area contributed by atoms with Gasteiger partial charge in [-0.25, -0.2) is 4.98 Å². The Kier molecular flexibility index (Phi) is 5.49. The van der Waals surface area contributed by atoms with Crippen molar-refractivity contribution < 1.29 is 4.74 Å². The summed E-state index contributed by atoms with van der Waals surface area (Å²) in [7, 11) is 1.63. The number of imidazole rings is 1. The molecule has 166 valence electrons. The minimum atomic E-state index is 0.481. The van der Waals surface area contributed by atoms with Crippen molar-refractivity contribution in [3.05, 3.63) is 102 Å². The number of nitrogens with zero attached hydrogens (tertiary/aromatic N) is 3. The molecule has 0 bridgehead atoms. The molecule has 5 nitrogen and oxygen atoms in total. The zero-order valence-electron chi connectivity index (χ0n) is 19.3. The van der Waals surface area contributed by atoms with Crippen molar-refractivity contribution in [2.24, 2.45) is 0 Å². The van der Waals surface area contributed by atoms with E-state index in [1.807, 2.05) is 42.5 Å². The zero-order chi connectivity index (χ0) is 23.7. The maximum Gasteiger partial charge on any atom is 0.149 e. The minimum Gasteiger partial charge on any atom is -0.497 e. The van der Waals surface area contributed by atoms with Crippen LogP contribution < -0.4 is 4.74 Å². The van der Waals surface area contributed by atoms with E-state index in [0.717, 1.165) is 39.4 Å². The SMILES string of the molecule is COc1ccc2nc(/C(C#N)=C/c3cc(C)n(-c4ccc(-c5ccccc5)cc4)c3C)[nH]c2c1. The normalized spacial score (nSPS) is 11.5. The van der Waals surface area contributed by atoms with Crippen LogP contribution >= 0.6 is 0 Å². The van der Waals surface area contributed by atoms with Crippen molar-refractivity contribution in [2.75, 3.05) is 7.11 Å². The molecule has 0 radical (unpaired) electrons. The first-order chi connectivity index (χ1) is 16.6. The van der Waals surface area contributed by atoms with Gasteiger partial charge in [-0.3, -0.25) is 0 Å². The molecule has 3 aromatic carbocycles. The third kappa shape index (κ3) is 3.87. The van der Waals surface area contributed by atoms with Gasteiger partial charge in [-0.15, -0.1) is 0 Å². The molecular weight excluding hydrogens is 420 g/mol. The number of H-pyrrole nitrogens is 1. The Morgan fingerprint density at radius 1 is 0.971 bits per heavy atom. The van der Waals surface area contributed by atoms with Crippen molar-refractivity contribution in [1.29, 1.82) is 5.26 Å². The lowest BCUT2D eigenvalue weighted by atomic mass is 10.1. The molecule has 0 aliphatic rings. The Bertz CT molecular complexity index is 1550. The van der Waals surface area contributed by atoms with Crippen LogP contribution in [0.15, 0.2) is 78.9 Å². The van der Waals surface area contributed by atoms with E-state index in [2.05, 4.69) is 76.9 Å². The fraction of sp³-hybridized carbons (Fsp3) is 0.103. The van der Waals surface area contributed by atoms with Crippen molar-refractivity contribution in [3.8, 4) is 28.6 Å². The largest absolute Gasteiger partial charge is 0.497 e. The minimum absolute atomic E-state index is 0.481. The summed E-state index contributed by atoms with van der Waals surface area (Å²) >= 11 is 0. The van der Waals surface area contributed by atoms with E-state index in [0.29, 0.717) is 11.4 Å². The van der Waals surface area contributed by atoms with Gasteiger partial charge in [0.05, 0.1) is 23.7 Å². The molecule has 0 fully saturated rings. The first-order valence-corrected chi connectivity index (χ1v) is 11.1. The summed E-state index contributed by atoms with van der Waals surface area (Å²) in [5.74, 6) is 1.29. The fourth-order valence-electron chi connectivity index (χ4n) is 4.32. The highest BCUT2D eigenvalue weighted by atomic mass is 16.5. The van der Waals surface area contributed by atoms with Crippen LogP contribution in [0.4, 0.5) is 0 Å². The summed E-state index contributed by atoms with van der Waals surface area (Å²) in [6, 6.07) is 28.9. The second-order valence-electron chi connectivity index (χ2n) is 8.21. The second kappa shape index (κ2) is 8.76. The Morgan fingerprint density at radius 2 is 1.71 bits per heavy atom. The molecule has 34 heavy (non-hydrogen) atoms. The van der Waals surface area contributed by atoms with Gasteiger partial charge in [-0.1, -0.05) is 42.5 Å². The van der Waals surface area contributed by atoms with Gasteiger partial charge >= 0.3 is 0 Å². The van der Waals surface area contributed by atoms with Crippen molar-refractivity contribution in [1.82, 2.24) is 14.5 Å². The molecule has 0 spiro atoms. The standard InChI is InChI=1S/C29H24N4O/c1-19-15-23(16-24(18-30)29-31-27-14-13-26(34-3)17-28(27)32-29)20(2)33(19)25-11-9-22(10-12-25)21-7-5-4-6-8-21/h4-17H,1-3H3,(H,31,32)/b24-16+.